The average Bonchev–Trinajstić information content (AvgIpc) is 2.91. The van der Waals surface area contributed by atoms with Crippen LogP contribution in [0.2, 0.25) is 0 Å². The van der Waals surface area contributed by atoms with Crippen LogP contribution in [0.15, 0.2) is 24.3 Å². The number of unbranched alkanes of at least 4 members (excludes halogenated alkanes) is 1. The first-order valence-electron chi connectivity index (χ1n) is 7.16. The van der Waals surface area contributed by atoms with Crippen LogP contribution in [-0.2, 0) is 4.79 Å². The molecule has 1 aromatic heterocycles. The predicted octanol–water partition coefficient (Wildman–Crippen LogP) is 2.24. The molecule has 6 nitrogen and oxygen atoms in total. The van der Waals surface area contributed by atoms with E-state index in [2.05, 4.69) is 27.4 Å². The Bertz CT molecular complexity index is 608. The lowest BCUT2D eigenvalue weighted by atomic mass is 10.1. The normalized spacial score (nSPS) is 12.1. The highest BCUT2D eigenvalue weighted by molar-refractivity contribution is 5.95. The van der Waals surface area contributed by atoms with Crippen molar-refractivity contribution in [3.63, 3.8) is 0 Å². The summed E-state index contributed by atoms with van der Waals surface area (Å²) in [5.74, 6) is 1.20. The van der Waals surface area contributed by atoms with E-state index < -0.39 is 6.04 Å². The van der Waals surface area contributed by atoms with Crippen LogP contribution in [0.4, 0.5) is 5.69 Å². The predicted molar refractivity (Wildman–Crippen MR) is 82.7 cm³/mol. The topological polar surface area (TPSA) is 96.7 Å². The van der Waals surface area contributed by atoms with Gasteiger partial charge < -0.3 is 11.1 Å². The Morgan fingerprint density at radius 3 is 2.95 bits per heavy atom. The molecule has 0 aliphatic heterocycles. The van der Waals surface area contributed by atoms with Crippen molar-refractivity contribution in [2.75, 3.05) is 5.32 Å². The Labute approximate surface area is 124 Å². The number of hydrogen-bond donors (Lipinski definition) is 3. The largest absolute Gasteiger partial charge is 0.325 e. The van der Waals surface area contributed by atoms with Crippen molar-refractivity contribution in [1.82, 2.24) is 15.2 Å². The lowest BCUT2D eigenvalue weighted by molar-refractivity contribution is -0.117. The van der Waals surface area contributed by atoms with Crippen LogP contribution >= 0.6 is 0 Å². The standard InChI is InChI=1S/C15H21N5O/c1-3-4-8-13(16)15(21)18-12-7-5-6-11(9-12)14-17-10(2)19-20-14/h5-7,9,13H,3-4,8,16H2,1-2H3,(H,18,21)(H,17,19,20). The average molecular weight is 287 g/mol. The minimum atomic E-state index is -0.473. The highest BCUT2D eigenvalue weighted by Gasteiger charge is 2.13. The molecule has 0 fully saturated rings. The zero-order valence-corrected chi connectivity index (χ0v) is 12.4. The molecule has 0 aliphatic rings. The second-order valence-corrected chi connectivity index (χ2v) is 5.06. The molecule has 0 radical (unpaired) electrons. The summed E-state index contributed by atoms with van der Waals surface area (Å²) in [5.41, 5.74) is 7.41. The number of anilines is 1. The molecule has 21 heavy (non-hydrogen) atoms. The molecule has 0 spiro atoms. The van der Waals surface area contributed by atoms with Crippen molar-refractivity contribution in [3.05, 3.63) is 30.1 Å². The van der Waals surface area contributed by atoms with Gasteiger partial charge in [0.25, 0.3) is 0 Å². The minimum absolute atomic E-state index is 0.160. The van der Waals surface area contributed by atoms with E-state index in [1.807, 2.05) is 31.2 Å². The Morgan fingerprint density at radius 1 is 1.48 bits per heavy atom. The number of aromatic amines is 1. The lowest BCUT2D eigenvalue weighted by Gasteiger charge is -2.12. The lowest BCUT2D eigenvalue weighted by Crippen LogP contribution is -2.35. The monoisotopic (exact) mass is 287 g/mol. The molecule has 1 heterocycles. The quantitative estimate of drug-likeness (QED) is 0.759. The van der Waals surface area contributed by atoms with E-state index in [0.29, 0.717) is 17.9 Å². The molecule has 0 saturated carbocycles. The molecule has 4 N–H and O–H groups in total. The molecule has 1 amide bonds. The molecule has 1 aromatic carbocycles. The van der Waals surface area contributed by atoms with Crippen LogP contribution < -0.4 is 11.1 Å². The molecule has 0 bridgehead atoms. The smallest absolute Gasteiger partial charge is 0.241 e. The molecular formula is C15H21N5O. The van der Waals surface area contributed by atoms with Gasteiger partial charge in [0.05, 0.1) is 6.04 Å². The van der Waals surface area contributed by atoms with Crippen molar-refractivity contribution >= 4 is 11.6 Å². The van der Waals surface area contributed by atoms with E-state index in [1.165, 1.54) is 0 Å². The Kier molecular flexibility index (Phi) is 5.05. The first kappa shape index (κ1) is 15.2. The van der Waals surface area contributed by atoms with Crippen LogP contribution in [0.25, 0.3) is 11.4 Å². The molecule has 1 atom stereocenters. The van der Waals surface area contributed by atoms with Crippen molar-refractivity contribution in [1.29, 1.82) is 0 Å². The summed E-state index contributed by atoms with van der Waals surface area (Å²) in [5, 5.41) is 9.75. The van der Waals surface area contributed by atoms with Gasteiger partial charge in [0.2, 0.25) is 5.91 Å². The fourth-order valence-electron chi connectivity index (χ4n) is 2.00. The SMILES string of the molecule is CCCCC(N)C(=O)Nc1cccc(-c2n[nH]c(C)n2)c1. The number of nitrogens with one attached hydrogen (secondary N) is 2. The molecule has 1 unspecified atom stereocenters. The molecule has 2 rings (SSSR count). The number of rotatable bonds is 6. The molecule has 0 saturated heterocycles. The fourth-order valence-corrected chi connectivity index (χ4v) is 2.00. The van der Waals surface area contributed by atoms with Crippen molar-refractivity contribution in [3.8, 4) is 11.4 Å². The van der Waals surface area contributed by atoms with Gasteiger partial charge in [-0.1, -0.05) is 31.9 Å². The van der Waals surface area contributed by atoms with Crippen LogP contribution in [-0.4, -0.2) is 27.1 Å². The summed E-state index contributed by atoms with van der Waals surface area (Å²) in [6.07, 6.45) is 2.67. The van der Waals surface area contributed by atoms with Crippen LogP contribution in [0.1, 0.15) is 32.0 Å². The summed E-state index contributed by atoms with van der Waals surface area (Å²) < 4.78 is 0. The summed E-state index contributed by atoms with van der Waals surface area (Å²) >= 11 is 0. The fraction of sp³-hybridized carbons (Fsp3) is 0.400. The van der Waals surface area contributed by atoms with E-state index in [4.69, 9.17) is 5.73 Å². The number of amides is 1. The number of nitrogens with two attached hydrogens (primary N) is 1. The molecular weight excluding hydrogens is 266 g/mol. The second kappa shape index (κ2) is 6.99. The highest BCUT2D eigenvalue weighted by Crippen LogP contribution is 2.19. The van der Waals surface area contributed by atoms with Crippen LogP contribution in [0.3, 0.4) is 0 Å². The zero-order valence-electron chi connectivity index (χ0n) is 12.4. The molecule has 6 heteroatoms. The van der Waals surface area contributed by atoms with Crippen molar-refractivity contribution in [2.45, 2.75) is 39.2 Å². The van der Waals surface area contributed by atoms with Crippen LogP contribution in [0, 0.1) is 6.92 Å². The summed E-state index contributed by atoms with van der Waals surface area (Å²) in [6.45, 7) is 3.92. The number of aryl methyl sites for hydroxylation is 1. The summed E-state index contributed by atoms with van der Waals surface area (Å²) in [4.78, 5) is 16.3. The van der Waals surface area contributed by atoms with E-state index >= 15 is 0 Å². The second-order valence-electron chi connectivity index (χ2n) is 5.06. The third-order valence-corrected chi connectivity index (χ3v) is 3.19. The van der Waals surface area contributed by atoms with Gasteiger partial charge in [0, 0.05) is 11.3 Å². The Morgan fingerprint density at radius 2 is 2.29 bits per heavy atom. The number of hydrogen-bond acceptors (Lipinski definition) is 4. The van der Waals surface area contributed by atoms with Crippen molar-refractivity contribution in [2.24, 2.45) is 5.73 Å². The van der Waals surface area contributed by atoms with E-state index in [-0.39, 0.29) is 5.91 Å². The third-order valence-electron chi connectivity index (χ3n) is 3.19. The minimum Gasteiger partial charge on any atom is -0.325 e. The van der Waals surface area contributed by atoms with Gasteiger partial charge in [-0.25, -0.2) is 4.98 Å². The third kappa shape index (κ3) is 4.13. The first-order valence-corrected chi connectivity index (χ1v) is 7.16. The Hall–Kier alpha value is -2.21. The van der Waals surface area contributed by atoms with E-state index in [9.17, 15) is 4.79 Å². The Balaban J connectivity index is 2.06. The number of nitrogens with zero attached hydrogens (tertiary/aromatic N) is 2. The summed E-state index contributed by atoms with van der Waals surface area (Å²) in [6, 6.07) is 6.95. The van der Waals surface area contributed by atoms with Gasteiger partial charge in [-0.05, 0) is 25.5 Å². The van der Waals surface area contributed by atoms with Gasteiger partial charge in [-0.3, -0.25) is 9.89 Å². The first-order chi connectivity index (χ1) is 10.1. The maximum Gasteiger partial charge on any atom is 0.241 e. The maximum absolute atomic E-state index is 12.0. The van der Waals surface area contributed by atoms with E-state index in [0.717, 1.165) is 24.2 Å². The molecule has 0 aliphatic carbocycles. The van der Waals surface area contributed by atoms with Crippen molar-refractivity contribution < 1.29 is 4.79 Å². The zero-order chi connectivity index (χ0) is 15.2. The summed E-state index contributed by atoms with van der Waals surface area (Å²) in [7, 11) is 0. The van der Waals surface area contributed by atoms with Gasteiger partial charge in [-0.2, -0.15) is 5.10 Å². The van der Waals surface area contributed by atoms with Gasteiger partial charge >= 0.3 is 0 Å². The number of carbonyl (C=O) groups is 1. The van der Waals surface area contributed by atoms with Gasteiger partial charge in [0.15, 0.2) is 5.82 Å². The number of carbonyl (C=O) groups excluding carboxylic acids is 1. The van der Waals surface area contributed by atoms with Gasteiger partial charge in [-0.15, -0.1) is 0 Å². The van der Waals surface area contributed by atoms with Gasteiger partial charge in [0.1, 0.15) is 5.82 Å². The molecule has 2 aromatic rings. The maximum atomic E-state index is 12.0. The number of benzene rings is 1. The number of H-pyrrole nitrogens is 1. The highest BCUT2D eigenvalue weighted by atomic mass is 16.2. The number of aromatic nitrogens is 3. The van der Waals surface area contributed by atoms with Crippen LogP contribution in [0.5, 0.6) is 0 Å². The molecule has 112 valence electrons. The van der Waals surface area contributed by atoms with E-state index in [1.54, 1.807) is 0 Å².